The molecule has 1 aromatic heterocycles. The van der Waals surface area contributed by atoms with E-state index in [2.05, 4.69) is 12.8 Å². The number of para-hydroxylation sites is 1. The Morgan fingerprint density at radius 2 is 2.00 bits per heavy atom. The standard InChI is InChI=1S/C13H12ClNO2S2/c1-8-5-3-4-6-10(8)17-13(16)15(18)11-9(2)7-19-12(11)14/h3-7,18H,1-2H3. The molecule has 0 saturated heterocycles. The van der Waals surface area contributed by atoms with Crippen LogP contribution in [0.25, 0.3) is 0 Å². The van der Waals surface area contributed by atoms with Gasteiger partial charge in [-0.1, -0.05) is 42.6 Å². The Labute approximate surface area is 126 Å². The van der Waals surface area contributed by atoms with Gasteiger partial charge in [-0.2, -0.15) is 0 Å². The van der Waals surface area contributed by atoms with E-state index in [1.54, 1.807) is 12.1 Å². The van der Waals surface area contributed by atoms with Crippen LogP contribution in [0.2, 0.25) is 4.34 Å². The predicted octanol–water partition coefficient (Wildman–Crippen LogP) is 4.87. The third kappa shape index (κ3) is 3.05. The molecule has 0 atom stereocenters. The third-order valence-electron chi connectivity index (χ3n) is 2.57. The van der Waals surface area contributed by atoms with Crippen LogP contribution in [-0.2, 0) is 0 Å². The van der Waals surface area contributed by atoms with Gasteiger partial charge in [0.2, 0.25) is 0 Å². The van der Waals surface area contributed by atoms with E-state index in [0.29, 0.717) is 15.8 Å². The van der Waals surface area contributed by atoms with Gasteiger partial charge in [0.05, 0.1) is 5.69 Å². The van der Waals surface area contributed by atoms with Gasteiger partial charge < -0.3 is 4.74 Å². The van der Waals surface area contributed by atoms with E-state index in [0.717, 1.165) is 15.4 Å². The molecule has 0 aliphatic heterocycles. The average molecular weight is 314 g/mol. The summed E-state index contributed by atoms with van der Waals surface area (Å²) in [6, 6.07) is 7.29. The summed E-state index contributed by atoms with van der Waals surface area (Å²) >= 11 is 11.6. The summed E-state index contributed by atoms with van der Waals surface area (Å²) in [5.74, 6) is 0.510. The van der Waals surface area contributed by atoms with E-state index < -0.39 is 6.09 Å². The number of thiol groups is 1. The van der Waals surface area contributed by atoms with Crippen LogP contribution in [-0.4, -0.2) is 6.09 Å². The molecular weight excluding hydrogens is 302 g/mol. The Morgan fingerprint density at radius 3 is 2.58 bits per heavy atom. The fourth-order valence-corrected chi connectivity index (χ4v) is 3.10. The number of hydrogen-bond donors (Lipinski definition) is 1. The number of nitrogens with zero attached hydrogens (tertiary/aromatic N) is 1. The lowest BCUT2D eigenvalue weighted by Gasteiger charge is -2.16. The van der Waals surface area contributed by atoms with Crippen molar-refractivity contribution in [1.82, 2.24) is 0 Å². The molecule has 0 bridgehead atoms. The van der Waals surface area contributed by atoms with Gasteiger partial charge >= 0.3 is 6.09 Å². The first-order valence-corrected chi connectivity index (χ1v) is 7.16. The fourth-order valence-electron chi connectivity index (χ4n) is 1.56. The molecule has 1 heterocycles. The minimum Gasteiger partial charge on any atom is -0.409 e. The Morgan fingerprint density at radius 1 is 1.32 bits per heavy atom. The van der Waals surface area contributed by atoms with Gasteiger partial charge in [-0.05, 0) is 36.4 Å². The number of aryl methyl sites for hydroxylation is 2. The number of amides is 1. The molecule has 0 aliphatic carbocycles. The topological polar surface area (TPSA) is 29.5 Å². The first kappa shape index (κ1) is 14.2. The Bertz CT molecular complexity index is 593. The van der Waals surface area contributed by atoms with Crippen molar-refractivity contribution < 1.29 is 9.53 Å². The number of ether oxygens (including phenoxy) is 1. The van der Waals surface area contributed by atoms with Gasteiger partial charge in [-0.25, -0.2) is 9.10 Å². The van der Waals surface area contributed by atoms with Crippen molar-refractivity contribution in [2.45, 2.75) is 13.8 Å². The number of thiophene rings is 1. The van der Waals surface area contributed by atoms with E-state index in [-0.39, 0.29) is 0 Å². The molecule has 2 rings (SSSR count). The Balaban J connectivity index is 2.19. The SMILES string of the molecule is Cc1ccccc1OC(=O)N(S)c1c(C)csc1Cl. The lowest BCUT2D eigenvalue weighted by atomic mass is 10.2. The molecular formula is C13H12ClNO2S2. The molecule has 0 aliphatic rings. The fraction of sp³-hybridized carbons (Fsp3) is 0.154. The molecule has 0 saturated carbocycles. The highest BCUT2D eigenvalue weighted by Crippen LogP contribution is 2.37. The Kier molecular flexibility index (Phi) is 4.39. The molecule has 1 amide bonds. The highest BCUT2D eigenvalue weighted by molar-refractivity contribution is 7.82. The number of anilines is 1. The summed E-state index contributed by atoms with van der Waals surface area (Å²) in [6.07, 6.45) is -0.582. The molecule has 100 valence electrons. The van der Waals surface area contributed by atoms with Crippen molar-refractivity contribution in [3.05, 3.63) is 45.1 Å². The van der Waals surface area contributed by atoms with Gasteiger partial charge in [0, 0.05) is 0 Å². The van der Waals surface area contributed by atoms with Crippen molar-refractivity contribution in [3.8, 4) is 5.75 Å². The van der Waals surface area contributed by atoms with Crippen molar-refractivity contribution in [2.75, 3.05) is 4.31 Å². The zero-order valence-electron chi connectivity index (χ0n) is 10.4. The summed E-state index contributed by atoms with van der Waals surface area (Å²) in [5.41, 5.74) is 2.33. The first-order valence-electron chi connectivity index (χ1n) is 5.50. The molecule has 0 N–H and O–H groups in total. The van der Waals surface area contributed by atoms with Crippen molar-refractivity contribution in [3.63, 3.8) is 0 Å². The van der Waals surface area contributed by atoms with Crippen molar-refractivity contribution in [1.29, 1.82) is 0 Å². The maximum atomic E-state index is 12.0. The lowest BCUT2D eigenvalue weighted by Crippen LogP contribution is -2.25. The third-order valence-corrected chi connectivity index (χ3v) is 4.26. The molecule has 19 heavy (non-hydrogen) atoms. The number of carbonyl (C=O) groups is 1. The maximum absolute atomic E-state index is 12.0. The zero-order chi connectivity index (χ0) is 14.0. The first-order chi connectivity index (χ1) is 9.00. The van der Waals surface area contributed by atoms with E-state index in [1.165, 1.54) is 11.3 Å². The van der Waals surface area contributed by atoms with Gasteiger partial charge in [0.25, 0.3) is 0 Å². The summed E-state index contributed by atoms with van der Waals surface area (Å²) in [5, 5.41) is 1.86. The summed E-state index contributed by atoms with van der Waals surface area (Å²) in [7, 11) is 0. The highest BCUT2D eigenvalue weighted by Gasteiger charge is 2.21. The quantitative estimate of drug-likeness (QED) is 0.802. The number of hydrogen-bond acceptors (Lipinski definition) is 4. The van der Waals surface area contributed by atoms with E-state index >= 15 is 0 Å². The summed E-state index contributed by atoms with van der Waals surface area (Å²) < 4.78 is 6.93. The molecule has 6 heteroatoms. The van der Waals surface area contributed by atoms with Crippen LogP contribution in [0.4, 0.5) is 10.5 Å². The second-order valence-electron chi connectivity index (χ2n) is 3.99. The van der Waals surface area contributed by atoms with Crippen LogP contribution < -0.4 is 9.04 Å². The average Bonchev–Trinajstić information content (AvgIpc) is 2.71. The number of rotatable bonds is 2. The molecule has 0 radical (unpaired) electrons. The van der Waals surface area contributed by atoms with E-state index in [1.807, 2.05) is 31.4 Å². The van der Waals surface area contributed by atoms with Crippen molar-refractivity contribution >= 4 is 47.5 Å². The van der Waals surface area contributed by atoms with Gasteiger partial charge in [0.1, 0.15) is 10.1 Å². The lowest BCUT2D eigenvalue weighted by molar-refractivity contribution is 0.212. The molecule has 0 spiro atoms. The zero-order valence-corrected chi connectivity index (χ0v) is 12.9. The normalized spacial score (nSPS) is 10.3. The molecule has 2 aromatic rings. The maximum Gasteiger partial charge on any atom is 0.430 e. The molecule has 0 unspecified atom stereocenters. The predicted molar refractivity (Wildman–Crippen MR) is 82.7 cm³/mol. The van der Waals surface area contributed by atoms with Crippen LogP contribution >= 0.6 is 35.8 Å². The Hall–Kier alpha value is -1.17. The molecule has 1 aromatic carbocycles. The summed E-state index contributed by atoms with van der Waals surface area (Å²) in [6.45, 7) is 3.73. The van der Waals surface area contributed by atoms with Crippen LogP contribution in [0.1, 0.15) is 11.1 Å². The summed E-state index contributed by atoms with van der Waals surface area (Å²) in [4.78, 5) is 12.0. The second-order valence-corrected chi connectivity index (χ2v) is 5.87. The minimum atomic E-state index is -0.582. The number of halogens is 1. The second kappa shape index (κ2) is 5.86. The van der Waals surface area contributed by atoms with Gasteiger partial charge in [-0.15, -0.1) is 11.3 Å². The number of carbonyl (C=O) groups excluding carboxylic acids is 1. The van der Waals surface area contributed by atoms with Crippen molar-refractivity contribution in [2.24, 2.45) is 0 Å². The highest BCUT2D eigenvalue weighted by atomic mass is 35.5. The molecule has 3 nitrogen and oxygen atoms in total. The van der Waals surface area contributed by atoms with Crippen LogP contribution in [0, 0.1) is 13.8 Å². The van der Waals surface area contributed by atoms with Crippen LogP contribution in [0.15, 0.2) is 29.6 Å². The van der Waals surface area contributed by atoms with E-state index in [4.69, 9.17) is 16.3 Å². The van der Waals surface area contributed by atoms with Gasteiger partial charge in [-0.3, -0.25) is 0 Å². The molecule has 0 fully saturated rings. The monoisotopic (exact) mass is 313 g/mol. The number of benzene rings is 1. The van der Waals surface area contributed by atoms with Crippen LogP contribution in [0.5, 0.6) is 5.75 Å². The minimum absolute atomic E-state index is 0.509. The van der Waals surface area contributed by atoms with Gasteiger partial charge in [0.15, 0.2) is 0 Å². The smallest absolute Gasteiger partial charge is 0.409 e. The van der Waals surface area contributed by atoms with E-state index in [9.17, 15) is 4.79 Å². The largest absolute Gasteiger partial charge is 0.430 e. The van der Waals surface area contributed by atoms with Crippen LogP contribution in [0.3, 0.4) is 0 Å².